The van der Waals surface area contributed by atoms with E-state index in [2.05, 4.69) is 4.98 Å². The molecule has 0 bridgehead atoms. The summed E-state index contributed by atoms with van der Waals surface area (Å²) in [7, 11) is 0. The van der Waals surface area contributed by atoms with E-state index in [1.165, 1.54) is 24.3 Å². The highest BCUT2D eigenvalue weighted by atomic mass is 16.8. The summed E-state index contributed by atoms with van der Waals surface area (Å²) >= 11 is 0. The van der Waals surface area contributed by atoms with Crippen molar-refractivity contribution in [2.75, 3.05) is 13.2 Å². The van der Waals surface area contributed by atoms with E-state index in [4.69, 9.17) is 52.8 Å². The summed E-state index contributed by atoms with van der Waals surface area (Å²) in [5.74, 6) is -5.85. The van der Waals surface area contributed by atoms with Crippen LogP contribution >= 0.6 is 0 Å². The minimum atomic E-state index is -1.79. The van der Waals surface area contributed by atoms with E-state index >= 15 is 0 Å². The molecule has 0 radical (unpaired) electrons. The summed E-state index contributed by atoms with van der Waals surface area (Å²) in [6, 6.07) is 5.83. The smallest absolute Gasteiger partial charge is 0.385 e. The van der Waals surface area contributed by atoms with Crippen molar-refractivity contribution < 1.29 is 80.9 Å². The second-order valence-electron chi connectivity index (χ2n) is 11.4. The number of hydrogen-bond acceptors (Lipinski definition) is 18. The third-order valence-corrected chi connectivity index (χ3v) is 7.27. The van der Waals surface area contributed by atoms with Crippen molar-refractivity contribution in [2.45, 2.75) is 110 Å². The Kier molecular flexibility index (Phi) is 14.3. The molecule has 2 aliphatic heterocycles. The summed E-state index contributed by atoms with van der Waals surface area (Å²) in [6.07, 6.45) is -15.2. The van der Waals surface area contributed by atoms with Crippen molar-refractivity contribution >= 4 is 47.5 Å². The van der Waals surface area contributed by atoms with Crippen LogP contribution in [0, 0.1) is 5.39 Å². The Bertz CT molecular complexity index is 1510. The van der Waals surface area contributed by atoms with Crippen molar-refractivity contribution in [3.05, 3.63) is 34.8 Å². The van der Waals surface area contributed by atoms with Gasteiger partial charge in [0.1, 0.15) is 37.6 Å². The van der Waals surface area contributed by atoms with Gasteiger partial charge in [-0.3, -0.25) is 33.6 Å². The molecule has 278 valence electrons. The molecule has 2 fully saturated rings. The zero-order chi connectivity index (χ0) is 38.0. The van der Waals surface area contributed by atoms with Gasteiger partial charge in [-0.25, -0.2) is 0 Å². The van der Waals surface area contributed by atoms with Gasteiger partial charge in [-0.2, -0.15) is 0 Å². The van der Waals surface area contributed by atoms with Crippen LogP contribution in [0.1, 0.15) is 60.1 Å². The molecule has 0 aromatic heterocycles. The Morgan fingerprint density at radius 1 is 0.549 bits per heavy atom. The van der Waals surface area contributed by atoms with Crippen LogP contribution in [0.4, 0.5) is 5.69 Å². The normalized spacial score (nSPS) is 28.5. The molecule has 2 saturated heterocycles. The Hall–Kier alpha value is -5.19. The lowest BCUT2D eigenvalue weighted by Crippen LogP contribution is -2.66. The number of hydrogen-bond donors (Lipinski definition) is 0. The van der Waals surface area contributed by atoms with Gasteiger partial charge < -0.3 is 47.4 Å². The van der Waals surface area contributed by atoms with Crippen LogP contribution in [0.25, 0.3) is 4.98 Å². The highest BCUT2D eigenvalue weighted by Gasteiger charge is 2.57. The van der Waals surface area contributed by atoms with Crippen molar-refractivity contribution in [1.82, 2.24) is 0 Å². The summed E-state index contributed by atoms with van der Waals surface area (Å²) in [4.78, 5) is 88.7. The summed E-state index contributed by atoms with van der Waals surface area (Å²) in [6.45, 7) is 6.40. The lowest BCUT2D eigenvalue weighted by atomic mass is 9.90. The van der Waals surface area contributed by atoms with Gasteiger partial charge in [0, 0.05) is 60.6 Å². The van der Waals surface area contributed by atoms with E-state index in [0.717, 1.165) is 48.5 Å². The first-order valence-electron chi connectivity index (χ1n) is 15.5. The maximum absolute atomic E-state index is 12.6. The molecule has 51 heavy (non-hydrogen) atoms. The number of carbonyl (C=O) groups is 7. The predicted molar refractivity (Wildman–Crippen MR) is 163 cm³/mol. The number of nitrogens with zero attached hydrogens (tertiary/aromatic N) is 2. The van der Waals surface area contributed by atoms with Crippen LogP contribution in [-0.4, -0.2) is 110 Å². The lowest BCUT2D eigenvalue weighted by molar-refractivity contribution is -0.345. The molecule has 1 aromatic carbocycles. The third kappa shape index (κ3) is 11.4. The van der Waals surface area contributed by atoms with E-state index in [1.54, 1.807) is 0 Å². The SMILES string of the molecule is CC(=O)OC[C@H]1O[C@@H](O[C@H]2[C@H](OC(C)=O)[C@@H](OC(C)=O)[C@H](c3ccc([N+]#N)cc3)O[C@@H]2COC(C)=O)[C@H](OC(C)=O)[C@@H](OC(C)=O)[C@H]1OC(C)=O. The van der Waals surface area contributed by atoms with Crippen molar-refractivity contribution in [2.24, 2.45) is 0 Å². The summed E-state index contributed by atoms with van der Waals surface area (Å²) in [5, 5.41) is 9.17. The lowest BCUT2D eigenvalue weighted by Gasteiger charge is -2.49. The highest BCUT2D eigenvalue weighted by Crippen LogP contribution is 2.40. The first kappa shape index (κ1) is 40.2. The van der Waals surface area contributed by atoms with Crippen molar-refractivity contribution in [3.63, 3.8) is 0 Å². The average Bonchev–Trinajstić information content (AvgIpc) is 3.02. The maximum atomic E-state index is 12.6. The van der Waals surface area contributed by atoms with Crippen LogP contribution in [0.3, 0.4) is 0 Å². The monoisotopic (exact) mass is 723 g/mol. The second-order valence-corrected chi connectivity index (χ2v) is 11.4. The minimum Gasteiger partial charge on any atom is -0.463 e. The Morgan fingerprint density at radius 3 is 1.41 bits per heavy atom. The molecule has 0 aliphatic carbocycles. The zero-order valence-corrected chi connectivity index (χ0v) is 28.8. The number of carbonyl (C=O) groups excluding carboxylic acids is 7. The van der Waals surface area contributed by atoms with Crippen LogP contribution in [0.15, 0.2) is 24.3 Å². The van der Waals surface area contributed by atoms with Gasteiger partial charge in [-0.1, -0.05) is 0 Å². The molecule has 0 N–H and O–H groups in total. The molecule has 2 aliphatic rings. The van der Waals surface area contributed by atoms with Gasteiger partial charge in [-0.05, 0) is 17.7 Å². The number of benzene rings is 1. The molecule has 10 atom stereocenters. The highest BCUT2D eigenvalue weighted by molar-refractivity contribution is 5.69. The Morgan fingerprint density at radius 2 is 0.961 bits per heavy atom. The topological polar surface area (TPSA) is 240 Å². The molecule has 0 unspecified atom stereocenters. The van der Waals surface area contributed by atoms with E-state index in [-0.39, 0.29) is 5.69 Å². The maximum Gasteiger partial charge on any atom is 0.385 e. The number of esters is 7. The second kappa shape index (κ2) is 18.2. The third-order valence-electron chi connectivity index (χ3n) is 7.27. The first-order chi connectivity index (χ1) is 24.0. The van der Waals surface area contributed by atoms with E-state index in [9.17, 15) is 33.6 Å². The largest absolute Gasteiger partial charge is 0.463 e. The first-order valence-corrected chi connectivity index (χ1v) is 15.5. The Labute approximate surface area is 291 Å². The fourth-order valence-electron chi connectivity index (χ4n) is 5.51. The van der Waals surface area contributed by atoms with Gasteiger partial charge >= 0.3 is 47.5 Å². The molecule has 19 nitrogen and oxygen atoms in total. The molecule has 2 heterocycles. The Balaban J connectivity index is 2.20. The molecule has 0 spiro atoms. The van der Waals surface area contributed by atoms with Crippen molar-refractivity contribution in [1.29, 1.82) is 5.39 Å². The van der Waals surface area contributed by atoms with Crippen LogP contribution in [0.5, 0.6) is 0 Å². The van der Waals surface area contributed by atoms with E-state index in [0.29, 0.717) is 5.56 Å². The van der Waals surface area contributed by atoms with Crippen LogP contribution < -0.4 is 0 Å². The molecule has 19 heteroatoms. The van der Waals surface area contributed by atoms with Gasteiger partial charge in [0.2, 0.25) is 5.39 Å². The van der Waals surface area contributed by atoms with Gasteiger partial charge in [0.05, 0.1) is 0 Å². The van der Waals surface area contributed by atoms with E-state index < -0.39 is 116 Å². The molecule has 0 saturated carbocycles. The van der Waals surface area contributed by atoms with Gasteiger partial charge in [0.25, 0.3) is 0 Å². The summed E-state index contributed by atoms with van der Waals surface area (Å²) < 4.78 is 56.7. The number of diazo groups is 1. The molecule has 1 aromatic rings. The predicted octanol–water partition coefficient (Wildman–Crippen LogP) is 1.51. The zero-order valence-electron chi connectivity index (χ0n) is 28.8. The van der Waals surface area contributed by atoms with Crippen LogP contribution in [0.2, 0.25) is 0 Å². The molecule has 0 amide bonds. The minimum absolute atomic E-state index is 0.177. The van der Waals surface area contributed by atoms with Gasteiger partial charge in [-0.15, -0.1) is 0 Å². The van der Waals surface area contributed by atoms with E-state index in [1.807, 2.05) is 0 Å². The van der Waals surface area contributed by atoms with Gasteiger partial charge in [0.15, 0.2) is 41.8 Å². The molecule has 3 rings (SSSR count). The molecular weight excluding hydrogens is 684 g/mol. The fraction of sp³-hybridized carbons (Fsp3) is 0.594. The standard InChI is InChI=1S/C32H39N2O17/c1-14(35)42-12-23-27(29(46-18(5)39)28(45-17(4)38)25(49-23)21-8-10-22(34-33)11-9-21)51-32-31(48-20(7)41)30(47-19(6)40)26(44-16(3)37)24(50-32)13-43-15(2)36/h8-11,23-32H,12-13H2,1-7H3/q+1/t23-,24-,25+,26+,27-,28+,29+,30+,31-,32+/m1/s1. The average molecular weight is 724 g/mol. The number of rotatable bonds is 12. The van der Waals surface area contributed by atoms with Crippen molar-refractivity contribution in [3.8, 4) is 0 Å². The quantitative estimate of drug-likeness (QED) is 0.169. The van der Waals surface area contributed by atoms with Crippen LogP contribution in [-0.2, 0) is 80.9 Å². The summed E-state index contributed by atoms with van der Waals surface area (Å²) in [5.41, 5.74) is 0.529. The fourth-order valence-corrected chi connectivity index (χ4v) is 5.51. The molecular formula is C32H39N2O17+. The number of ether oxygens (including phenoxy) is 10.